The van der Waals surface area contributed by atoms with E-state index in [1.54, 1.807) is 16.4 Å². The molecular weight excluding hydrogens is 324 g/mol. The smallest absolute Gasteiger partial charge is 0.214 e. The number of para-hydroxylation sites is 3. The number of rotatable bonds is 8. The van der Waals surface area contributed by atoms with E-state index in [4.69, 9.17) is 9.47 Å². The van der Waals surface area contributed by atoms with Crippen LogP contribution in [0.2, 0.25) is 0 Å². The van der Waals surface area contributed by atoms with Crippen molar-refractivity contribution in [3.8, 4) is 17.2 Å². The molecule has 0 aliphatic carbocycles. The first-order valence-electron chi connectivity index (χ1n) is 7.69. The summed E-state index contributed by atoms with van der Waals surface area (Å²) in [5, 5.41) is 12.7. The molecule has 1 aromatic heterocycles. The molecule has 0 fully saturated rings. The highest BCUT2D eigenvalue weighted by molar-refractivity contribution is 7.99. The Bertz CT molecular complexity index is 764. The number of ether oxygens (including phenoxy) is 2. The van der Waals surface area contributed by atoms with Gasteiger partial charge in [0.2, 0.25) is 5.16 Å². The molecule has 124 valence electrons. The third-order valence-electron chi connectivity index (χ3n) is 3.16. The predicted octanol–water partition coefficient (Wildman–Crippen LogP) is 3.23. The second-order valence-electron chi connectivity index (χ2n) is 4.78. The van der Waals surface area contributed by atoms with Crippen molar-refractivity contribution in [1.29, 1.82) is 0 Å². The highest BCUT2D eigenvalue weighted by Gasteiger charge is 2.13. The fourth-order valence-corrected chi connectivity index (χ4v) is 2.84. The molecule has 0 atom stereocenters. The fourth-order valence-electron chi connectivity index (χ4n) is 2.14. The van der Waals surface area contributed by atoms with Gasteiger partial charge in [-0.15, -0.1) is 5.10 Å². The molecule has 0 unspecified atom stereocenters. The normalized spacial score (nSPS) is 10.5. The molecule has 0 amide bonds. The molecule has 1 heterocycles. The Labute approximate surface area is 144 Å². The second kappa shape index (κ2) is 8.35. The largest absolute Gasteiger partial charge is 0.493 e. The number of hydrogen-bond donors (Lipinski definition) is 0. The van der Waals surface area contributed by atoms with Crippen LogP contribution < -0.4 is 9.47 Å². The SMILES string of the molecule is CCOc1ccccc1-n1nnnc1SCCOc1ccccc1. The number of tetrazole rings is 1. The minimum absolute atomic E-state index is 0.578. The van der Waals surface area contributed by atoms with Crippen LogP contribution in [0.3, 0.4) is 0 Å². The molecule has 0 saturated heterocycles. The molecule has 0 bridgehead atoms. The number of aromatic nitrogens is 4. The molecule has 0 aliphatic heterocycles. The van der Waals surface area contributed by atoms with Crippen LogP contribution in [0, 0.1) is 0 Å². The van der Waals surface area contributed by atoms with E-state index in [-0.39, 0.29) is 0 Å². The Kier molecular flexibility index (Phi) is 5.68. The number of hydrogen-bond acceptors (Lipinski definition) is 6. The monoisotopic (exact) mass is 342 g/mol. The van der Waals surface area contributed by atoms with Gasteiger partial charge in [-0.05, 0) is 41.6 Å². The van der Waals surface area contributed by atoms with Gasteiger partial charge in [0.05, 0.1) is 13.2 Å². The zero-order valence-corrected chi connectivity index (χ0v) is 14.1. The number of benzene rings is 2. The van der Waals surface area contributed by atoms with E-state index in [1.807, 2.05) is 61.5 Å². The number of thioether (sulfide) groups is 1. The summed E-state index contributed by atoms with van der Waals surface area (Å²) in [7, 11) is 0. The van der Waals surface area contributed by atoms with Gasteiger partial charge in [0.25, 0.3) is 0 Å². The Hall–Kier alpha value is -2.54. The molecule has 3 rings (SSSR count). The summed E-state index contributed by atoms with van der Waals surface area (Å²) in [4.78, 5) is 0. The zero-order chi connectivity index (χ0) is 16.6. The first-order chi connectivity index (χ1) is 11.9. The molecule has 2 aromatic carbocycles. The summed E-state index contributed by atoms with van der Waals surface area (Å²) in [5.74, 6) is 2.36. The van der Waals surface area contributed by atoms with Gasteiger partial charge in [-0.25, -0.2) is 0 Å². The summed E-state index contributed by atoms with van der Waals surface area (Å²) >= 11 is 1.54. The lowest BCUT2D eigenvalue weighted by Gasteiger charge is -2.10. The van der Waals surface area contributed by atoms with Gasteiger partial charge in [-0.3, -0.25) is 0 Å². The van der Waals surface area contributed by atoms with Gasteiger partial charge >= 0.3 is 0 Å². The lowest BCUT2D eigenvalue weighted by molar-refractivity contribution is 0.337. The van der Waals surface area contributed by atoms with Crippen molar-refractivity contribution in [1.82, 2.24) is 20.2 Å². The Morgan fingerprint density at radius 2 is 1.79 bits per heavy atom. The summed E-state index contributed by atoms with van der Waals surface area (Å²) in [5.41, 5.74) is 0.829. The molecule has 7 heteroatoms. The molecule has 0 saturated carbocycles. The van der Waals surface area contributed by atoms with Crippen LogP contribution >= 0.6 is 11.8 Å². The van der Waals surface area contributed by atoms with Crippen LogP contribution in [0.5, 0.6) is 11.5 Å². The van der Waals surface area contributed by atoms with Crippen LogP contribution in [0.15, 0.2) is 59.8 Å². The third-order valence-corrected chi connectivity index (χ3v) is 4.04. The van der Waals surface area contributed by atoms with Crippen LogP contribution in [0.1, 0.15) is 6.92 Å². The maximum absolute atomic E-state index is 5.69. The second-order valence-corrected chi connectivity index (χ2v) is 5.85. The average Bonchev–Trinajstić information content (AvgIpc) is 3.09. The van der Waals surface area contributed by atoms with E-state index in [0.29, 0.717) is 18.4 Å². The lowest BCUT2D eigenvalue weighted by atomic mass is 10.3. The highest BCUT2D eigenvalue weighted by atomic mass is 32.2. The summed E-state index contributed by atoms with van der Waals surface area (Å²) in [6.45, 7) is 3.12. The lowest BCUT2D eigenvalue weighted by Crippen LogP contribution is -2.05. The average molecular weight is 342 g/mol. The first-order valence-corrected chi connectivity index (χ1v) is 8.68. The van der Waals surface area contributed by atoms with E-state index in [2.05, 4.69) is 15.5 Å². The van der Waals surface area contributed by atoms with E-state index < -0.39 is 0 Å². The topological polar surface area (TPSA) is 62.1 Å². The predicted molar refractivity (Wildman–Crippen MR) is 93.0 cm³/mol. The summed E-state index contributed by atoms with van der Waals surface area (Å²) in [6, 6.07) is 17.5. The van der Waals surface area contributed by atoms with Gasteiger partial charge in [0.15, 0.2) is 0 Å². The van der Waals surface area contributed by atoms with Gasteiger partial charge in [-0.1, -0.05) is 42.1 Å². The highest BCUT2D eigenvalue weighted by Crippen LogP contribution is 2.25. The van der Waals surface area contributed by atoms with Crippen molar-refractivity contribution in [2.24, 2.45) is 0 Å². The number of nitrogens with zero attached hydrogens (tertiary/aromatic N) is 4. The van der Waals surface area contributed by atoms with Crippen molar-refractivity contribution < 1.29 is 9.47 Å². The van der Waals surface area contributed by atoms with E-state index in [9.17, 15) is 0 Å². The quantitative estimate of drug-likeness (QED) is 0.463. The minimum Gasteiger partial charge on any atom is -0.493 e. The first kappa shape index (κ1) is 16.3. The van der Waals surface area contributed by atoms with Crippen molar-refractivity contribution in [3.63, 3.8) is 0 Å². The molecule has 3 aromatic rings. The minimum atomic E-state index is 0.578. The molecule has 6 nitrogen and oxygen atoms in total. The van der Waals surface area contributed by atoms with Gasteiger partial charge in [-0.2, -0.15) is 4.68 Å². The van der Waals surface area contributed by atoms with Crippen LogP contribution in [-0.2, 0) is 0 Å². The maximum atomic E-state index is 5.69. The molecular formula is C17H18N4O2S. The van der Waals surface area contributed by atoms with E-state index in [1.165, 1.54) is 0 Å². The van der Waals surface area contributed by atoms with Gasteiger partial charge in [0, 0.05) is 5.75 Å². The third kappa shape index (κ3) is 4.05. The maximum Gasteiger partial charge on any atom is 0.214 e. The summed E-state index contributed by atoms with van der Waals surface area (Å²) < 4.78 is 13.0. The fraction of sp³-hybridized carbons (Fsp3) is 0.235. The van der Waals surface area contributed by atoms with Crippen molar-refractivity contribution in [2.45, 2.75) is 12.1 Å². The van der Waals surface area contributed by atoms with Gasteiger partial charge in [0.1, 0.15) is 17.2 Å². The molecule has 0 radical (unpaired) electrons. The Morgan fingerprint density at radius 1 is 1.00 bits per heavy atom. The standard InChI is InChI=1S/C17H18N4O2S/c1-2-22-16-11-7-6-10-15(16)21-17(18-19-20-21)24-13-12-23-14-8-4-3-5-9-14/h3-11H,2,12-13H2,1H3. The van der Waals surface area contributed by atoms with Gasteiger partial charge < -0.3 is 9.47 Å². The molecule has 24 heavy (non-hydrogen) atoms. The van der Waals surface area contributed by atoms with Crippen LogP contribution in [-0.4, -0.2) is 39.2 Å². The van der Waals surface area contributed by atoms with Crippen molar-refractivity contribution >= 4 is 11.8 Å². The molecule has 0 N–H and O–H groups in total. The molecule has 0 aliphatic rings. The summed E-state index contributed by atoms with van der Waals surface area (Å²) in [6.07, 6.45) is 0. The zero-order valence-electron chi connectivity index (χ0n) is 13.3. The van der Waals surface area contributed by atoms with Crippen molar-refractivity contribution in [2.75, 3.05) is 19.0 Å². The van der Waals surface area contributed by atoms with Crippen LogP contribution in [0.4, 0.5) is 0 Å². The Morgan fingerprint density at radius 3 is 2.62 bits per heavy atom. The van der Waals surface area contributed by atoms with Crippen LogP contribution in [0.25, 0.3) is 5.69 Å². The Balaban J connectivity index is 1.63. The van der Waals surface area contributed by atoms with Crippen molar-refractivity contribution in [3.05, 3.63) is 54.6 Å². The van der Waals surface area contributed by atoms with E-state index in [0.717, 1.165) is 22.9 Å². The van der Waals surface area contributed by atoms with E-state index >= 15 is 0 Å². The molecule has 0 spiro atoms.